The fraction of sp³-hybridized carbons (Fsp3) is 0.714. The summed E-state index contributed by atoms with van der Waals surface area (Å²) in [6, 6.07) is 0.344. The summed E-state index contributed by atoms with van der Waals surface area (Å²) in [7, 11) is 4.23. The fourth-order valence-electron chi connectivity index (χ4n) is 2.63. The van der Waals surface area contributed by atoms with Gasteiger partial charge >= 0.3 is 0 Å². The Morgan fingerprint density at radius 1 is 1.42 bits per heavy atom. The van der Waals surface area contributed by atoms with Crippen molar-refractivity contribution in [2.24, 2.45) is 0 Å². The number of likely N-dealkylation sites (N-methyl/N-ethyl adjacent to an activating group) is 2. The van der Waals surface area contributed by atoms with Crippen LogP contribution in [-0.4, -0.2) is 64.9 Å². The number of hydrogen-bond donors (Lipinski definition) is 0. The van der Waals surface area contributed by atoms with Crippen LogP contribution in [0.3, 0.4) is 0 Å². The molecule has 1 aromatic heterocycles. The number of ketones is 1. The van der Waals surface area contributed by atoms with Crippen LogP contribution in [0.5, 0.6) is 0 Å². The summed E-state index contributed by atoms with van der Waals surface area (Å²) in [5.74, 6) is 1.17. The number of rotatable bonds is 5. The van der Waals surface area contributed by atoms with Gasteiger partial charge in [-0.15, -0.1) is 0 Å². The second-order valence-electron chi connectivity index (χ2n) is 5.45. The Morgan fingerprint density at radius 3 is 2.95 bits per heavy atom. The van der Waals surface area contributed by atoms with Gasteiger partial charge in [-0.05, 0) is 21.0 Å². The zero-order valence-corrected chi connectivity index (χ0v) is 12.2. The quantitative estimate of drug-likeness (QED) is 0.783. The number of nitrogens with zero attached hydrogens (tertiary/aromatic N) is 4. The minimum Gasteiger partial charge on any atom is -0.335 e. The van der Waals surface area contributed by atoms with E-state index >= 15 is 0 Å². The largest absolute Gasteiger partial charge is 0.335 e. The Hall–Kier alpha value is -1.20. The summed E-state index contributed by atoms with van der Waals surface area (Å²) in [4.78, 5) is 21.1. The van der Waals surface area contributed by atoms with Crippen molar-refractivity contribution in [2.45, 2.75) is 32.4 Å². The lowest BCUT2D eigenvalue weighted by atomic mass is 10.0. The van der Waals surface area contributed by atoms with Crippen LogP contribution in [0.2, 0.25) is 0 Å². The van der Waals surface area contributed by atoms with Gasteiger partial charge in [0.25, 0.3) is 0 Å². The minimum absolute atomic E-state index is 0.285. The lowest BCUT2D eigenvalue weighted by Gasteiger charge is -2.37. The number of carbonyl (C=O) groups is 1. The average molecular weight is 264 g/mol. The molecule has 0 bridgehead atoms. The van der Waals surface area contributed by atoms with E-state index < -0.39 is 0 Å². The van der Waals surface area contributed by atoms with E-state index in [2.05, 4.69) is 35.8 Å². The van der Waals surface area contributed by atoms with Gasteiger partial charge in [0.2, 0.25) is 0 Å². The number of carbonyl (C=O) groups excluding carboxylic acids is 1. The molecule has 1 unspecified atom stereocenters. The van der Waals surface area contributed by atoms with Gasteiger partial charge in [0.15, 0.2) is 0 Å². The van der Waals surface area contributed by atoms with Crippen molar-refractivity contribution < 1.29 is 4.79 Å². The molecule has 0 radical (unpaired) electrons. The molecule has 106 valence electrons. The van der Waals surface area contributed by atoms with E-state index in [1.807, 2.05) is 10.8 Å². The molecule has 1 aliphatic rings. The van der Waals surface area contributed by atoms with Crippen molar-refractivity contribution in [1.29, 1.82) is 0 Å². The number of aromatic nitrogens is 2. The van der Waals surface area contributed by atoms with E-state index in [-0.39, 0.29) is 5.78 Å². The molecule has 1 fully saturated rings. The Balaban J connectivity index is 1.90. The molecule has 0 amide bonds. The first-order valence-electron chi connectivity index (χ1n) is 7.00. The Labute approximate surface area is 115 Å². The van der Waals surface area contributed by atoms with Crippen molar-refractivity contribution in [3.8, 4) is 0 Å². The third kappa shape index (κ3) is 3.64. The third-order valence-corrected chi connectivity index (χ3v) is 3.94. The molecule has 2 heterocycles. The second-order valence-corrected chi connectivity index (χ2v) is 5.45. The van der Waals surface area contributed by atoms with E-state index in [1.165, 1.54) is 0 Å². The normalized spacial score (nSPS) is 21.7. The lowest BCUT2D eigenvalue weighted by Crippen LogP contribution is -2.50. The van der Waals surface area contributed by atoms with Gasteiger partial charge in [-0.25, -0.2) is 4.98 Å². The molecule has 0 spiro atoms. The SMILES string of the molecule is CCn1ccnc1CC(=O)CC1CN(C)CCN1C. The van der Waals surface area contributed by atoms with Crippen LogP contribution in [-0.2, 0) is 17.8 Å². The summed E-state index contributed by atoms with van der Waals surface area (Å²) in [6.07, 6.45) is 4.78. The highest BCUT2D eigenvalue weighted by molar-refractivity contribution is 5.80. The molecule has 1 atom stereocenters. The summed E-state index contributed by atoms with van der Waals surface area (Å²) >= 11 is 0. The summed E-state index contributed by atoms with van der Waals surface area (Å²) < 4.78 is 2.04. The predicted octanol–water partition coefficient (Wildman–Crippen LogP) is 0.651. The first-order chi connectivity index (χ1) is 9.10. The molecule has 0 aromatic carbocycles. The van der Waals surface area contributed by atoms with E-state index in [4.69, 9.17) is 0 Å². The van der Waals surface area contributed by atoms with Crippen LogP contribution in [0.15, 0.2) is 12.4 Å². The zero-order chi connectivity index (χ0) is 13.8. The second kappa shape index (κ2) is 6.30. The Morgan fingerprint density at radius 2 is 2.21 bits per heavy atom. The first kappa shape index (κ1) is 14.2. The Bertz CT molecular complexity index is 429. The van der Waals surface area contributed by atoms with E-state index in [0.29, 0.717) is 18.9 Å². The predicted molar refractivity (Wildman–Crippen MR) is 75.1 cm³/mol. The molecular weight excluding hydrogens is 240 g/mol. The lowest BCUT2D eigenvalue weighted by molar-refractivity contribution is -0.120. The van der Waals surface area contributed by atoms with Crippen molar-refractivity contribution in [3.63, 3.8) is 0 Å². The monoisotopic (exact) mass is 264 g/mol. The highest BCUT2D eigenvalue weighted by Crippen LogP contribution is 2.11. The smallest absolute Gasteiger partial charge is 0.142 e. The van der Waals surface area contributed by atoms with Gasteiger partial charge in [0, 0.05) is 51.0 Å². The summed E-state index contributed by atoms with van der Waals surface area (Å²) in [5.41, 5.74) is 0. The molecule has 5 heteroatoms. The van der Waals surface area contributed by atoms with Gasteiger partial charge in [-0.2, -0.15) is 0 Å². The molecule has 0 saturated carbocycles. The Kier molecular flexibility index (Phi) is 4.71. The summed E-state index contributed by atoms with van der Waals surface area (Å²) in [5, 5.41) is 0. The number of piperazine rings is 1. The number of hydrogen-bond acceptors (Lipinski definition) is 4. The van der Waals surface area contributed by atoms with Crippen LogP contribution in [0, 0.1) is 0 Å². The topological polar surface area (TPSA) is 41.4 Å². The standard InChI is InChI=1S/C14H24N4O/c1-4-18-6-5-15-14(18)10-13(19)9-12-11-16(2)7-8-17(12)3/h5-6,12H,4,7-11H2,1-3H3. The van der Waals surface area contributed by atoms with E-state index in [0.717, 1.165) is 32.0 Å². The molecule has 1 aliphatic heterocycles. The minimum atomic E-state index is 0.285. The molecule has 0 aliphatic carbocycles. The maximum Gasteiger partial charge on any atom is 0.142 e. The van der Waals surface area contributed by atoms with Crippen molar-refractivity contribution >= 4 is 5.78 Å². The molecule has 5 nitrogen and oxygen atoms in total. The van der Waals surface area contributed by atoms with Crippen LogP contribution >= 0.6 is 0 Å². The highest BCUT2D eigenvalue weighted by Gasteiger charge is 2.24. The highest BCUT2D eigenvalue weighted by atomic mass is 16.1. The van der Waals surface area contributed by atoms with Crippen LogP contribution < -0.4 is 0 Å². The zero-order valence-electron chi connectivity index (χ0n) is 12.2. The number of aryl methyl sites for hydroxylation is 1. The third-order valence-electron chi connectivity index (χ3n) is 3.94. The molecule has 1 aromatic rings. The van der Waals surface area contributed by atoms with Gasteiger partial charge in [-0.3, -0.25) is 4.79 Å². The van der Waals surface area contributed by atoms with Crippen molar-refractivity contribution in [2.75, 3.05) is 33.7 Å². The average Bonchev–Trinajstić information content (AvgIpc) is 2.81. The molecule has 0 N–H and O–H groups in total. The van der Waals surface area contributed by atoms with Crippen molar-refractivity contribution in [3.05, 3.63) is 18.2 Å². The fourth-order valence-corrected chi connectivity index (χ4v) is 2.63. The maximum atomic E-state index is 12.2. The molecule has 19 heavy (non-hydrogen) atoms. The maximum absolute atomic E-state index is 12.2. The van der Waals surface area contributed by atoms with E-state index in [1.54, 1.807) is 6.20 Å². The van der Waals surface area contributed by atoms with Crippen LogP contribution in [0.25, 0.3) is 0 Å². The van der Waals surface area contributed by atoms with Crippen LogP contribution in [0.1, 0.15) is 19.2 Å². The molecular formula is C14H24N4O. The first-order valence-corrected chi connectivity index (χ1v) is 7.00. The van der Waals surface area contributed by atoms with Gasteiger partial charge in [0.05, 0.1) is 6.42 Å². The van der Waals surface area contributed by atoms with Gasteiger partial charge in [0.1, 0.15) is 11.6 Å². The van der Waals surface area contributed by atoms with Crippen molar-refractivity contribution in [1.82, 2.24) is 19.4 Å². The number of imidazole rings is 1. The van der Waals surface area contributed by atoms with Gasteiger partial charge < -0.3 is 14.4 Å². The number of Topliss-reactive ketones (excluding diaryl/α,β-unsaturated/α-hetero) is 1. The summed E-state index contributed by atoms with van der Waals surface area (Å²) in [6.45, 7) is 6.04. The van der Waals surface area contributed by atoms with Gasteiger partial charge in [-0.1, -0.05) is 0 Å². The van der Waals surface area contributed by atoms with Crippen LogP contribution in [0.4, 0.5) is 0 Å². The van der Waals surface area contributed by atoms with E-state index in [9.17, 15) is 4.79 Å². The molecule has 1 saturated heterocycles. The molecule has 2 rings (SSSR count).